The summed E-state index contributed by atoms with van der Waals surface area (Å²) in [5, 5.41) is 7.37. The summed E-state index contributed by atoms with van der Waals surface area (Å²) < 4.78 is 0. The first-order chi connectivity index (χ1) is 15.0. The van der Waals surface area contributed by atoms with Crippen molar-refractivity contribution in [2.24, 2.45) is 0 Å². The van der Waals surface area contributed by atoms with Crippen LogP contribution in [0, 0.1) is 0 Å². The number of hydrogen-bond donors (Lipinski definition) is 3. The van der Waals surface area contributed by atoms with Gasteiger partial charge in [0.2, 0.25) is 0 Å². The van der Waals surface area contributed by atoms with Crippen LogP contribution < -0.4 is 10.6 Å². The van der Waals surface area contributed by atoms with E-state index in [2.05, 4.69) is 15.6 Å². The number of aromatic amines is 1. The molecule has 1 aromatic heterocycles. The molecule has 0 aliphatic carbocycles. The number of rotatable bonds is 5. The first-order valence-electron chi connectivity index (χ1n) is 9.41. The van der Waals surface area contributed by atoms with E-state index in [9.17, 15) is 9.59 Å². The largest absolute Gasteiger partial charge is 0.361 e. The van der Waals surface area contributed by atoms with Gasteiger partial charge in [-0.15, -0.1) is 0 Å². The smallest absolute Gasteiger partial charge is 0.272 e. The highest BCUT2D eigenvalue weighted by atomic mass is 35.5. The van der Waals surface area contributed by atoms with Crippen LogP contribution >= 0.6 is 23.2 Å². The second-order valence-corrected chi connectivity index (χ2v) is 7.62. The molecule has 3 N–H and O–H groups in total. The van der Waals surface area contributed by atoms with Gasteiger partial charge in [0.1, 0.15) is 5.70 Å². The fourth-order valence-electron chi connectivity index (χ4n) is 3.04. The number of halogens is 2. The fraction of sp³-hybridized carbons (Fsp3) is 0. The van der Waals surface area contributed by atoms with Gasteiger partial charge in [0.25, 0.3) is 11.8 Å². The molecule has 2 amide bonds. The number of carbonyl (C=O) groups is 2. The van der Waals surface area contributed by atoms with Crippen LogP contribution in [0.25, 0.3) is 17.0 Å². The van der Waals surface area contributed by atoms with Crippen molar-refractivity contribution in [3.63, 3.8) is 0 Å². The molecule has 1 heterocycles. The Morgan fingerprint density at radius 2 is 1.71 bits per heavy atom. The zero-order valence-corrected chi connectivity index (χ0v) is 17.7. The summed E-state index contributed by atoms with van der Waals surface area (Å²) in [6, 6.07) is 21.0. The van der Waals surface area contributed by atoms with E-state index in [1.807, 2.05) is 30.5 Å². The third kappa shape index (κ3) is 4.97. The SMILES string of the molecule is O=C(Nc1ccc2cc[nH]c2c1)/C(=C\c1ccc(Cl)cc1Cl)NC(=O)c1ccccc1. The van der Waals surface area contributed by atoms with Gasteiger partial charge in [-0.2, -0.15) is 0 Å². The van der Waals surface area contributed by atoms with Crippen LogP contribution in [-0.4, -0.2) is 16.8 Å². The molecule has 0 aliphatic heterocycles. The van der Waals surface area contributed by atoms with Crippen LogP contribution in [-0.2, 0) is 4.79 Å². The molecule has 0 atom stereocenters. The number of nitrogens with one attached hydrogen (secondary N) is 3. The summed E-state index contributed by atoms with van der Waals surface area (Å²) in [6.07, 6.45) is 3.34. The standard InChI is InChI=1S/C24H17Cl2N3O2/c25-18-8-6-17(20(26)13-18)12-22(29-23(30)16-4-2-1-3-5-16)24(31)28-19-9-7-15-10-11-27-21(15)14-19/h1-14,27H,(H,28,31)(H,29,30)/b22-12+. The van der Waals surface area contributed by atoms with Crippen molar-refractivity contribution in [3.05, 3.63) is 106 Å². The summed E-state index contributed by atoms with van der Waals surface area (Å²) in [5.41, 5.74) is 2.49. The van der Waals surface area contributed by atoms with E-state index in [-0.39, 0.29) is 5.70 Å². The minimum absolute atomic E-state index is 0.0460. The Balaban J connectivity index is 1.65. The first-order valence-corrected chi connectivity index (χ1v) is 10.2. The Kier molecular flexibility index (Phi) is 6.07. The summed E-state index contributed by atoms with van der Waals surface area (Å²) in [6.45, 7) is 0. The Bertz CT molecular complexity index is 1300. The van der Waals surface area contributed by atoms with Crippen molar-refractivity contribution in [2.75, 3.05) is 5.32 Å². The van der Waals surface area contributed by atoms with Crippen LogP contribution in [0.2, 0.25) is 10.0 Å². The normalized spacial score (nSPS) is 11.4. The molecule has 0 unspecified atom stereocenters. The molecule has 3 aromatic carbocycles. The number of aromatic nitrogens is 1. The summed E-state index contributed by atoms with van der Waals surface area (Å²) in [7, 11) is 0. The van der Waals surface area contributed by atoms with Gasteiger partial charge in [0.15, 0.2) is 0 Å². The van der Waals surface area contributed by atoms with E-state index in [1.165, 1.54) is 6.08 Å². The highest BCUT2D eigenvalue weighted by molar-refractivity contribution is 6.35. The second-order valence-electron chi connectivity index (χ2n) is 6.78. The topological polar surface area (TPSA) is 74.0 Å². The molecule has 0 saturated carbocycles. The van der Waals surface area contributed by atoms with Gasteiger partial charge < -0.3 is 15.6 Å². The van der Waals surface area contributed by atoms with Gasteiger partial charge >= 0.3 is 0 Å². The molecular weight excluding hydrogens is 433 g/mol. The van der Waals surface area contributed by atoms with Crippen molar-refractivity contribution < 1.29 is 9.59 Å². The Morgan fingerprint density at radius 3 is 2.48 bits per heavy atom. The second kappa shape index (κ2) is 9.08. The molecule has 31 heavy (non-hydrogen) atoms. The van der Waals surface area contributed by atoms with Crippen LogP contribution in [0.15, 0.2) is 84.7 Å². The molecule has 0 aliphatic rings. The third-order valence-electron chi connectivity index (χ3n) is 4.60. The van der Waals surface area contributed by atoms with E-state index < -0.39 is 11.8 Å². The molecule has 4 rings (SSSR count). The highest BCUT2D eigenvalue weighted by Gasteiger charge is 2.16. The molecule has 0 spiro atoms. The maximum atomic E-state index is 13.1. The zero-order chi connectivity index (χ0) is 21.8. The number of anilines is 1. The predicted molar refractivity (Wildman–Crippen MR) is 125 cm³/mol. The molecule has 154 valence electrons. The van der Waals surface area contributed by atoms with Crippen molar-refractivity contribution in [2.45, 2.75) is 0 Å². The highest BCUT2D eigenvalue weighted by Crippen LogP contribution is 2.24. The summed E-state index contributed by atoms with van der Waals surface area (Å²) >= 11 is 12.2. The third-order valence-corrected chi connectivity index (χ3v) is 5.17. The van der Waals surface area contributed by atoms with E-state index in [0.717, 1.165) is 10.9 Å². The van der Waals surface area contributed by atoms with Gasteiger partial charge in [0.05, 0.1) is 0 Å². The molecular formula is C24H17Cl2N3O2. The lowest BCUT2D eigenvalue weighted by Gasteiger charge is -2.12. The lowest BCUT2D eigenvalue weighted by molar-refractivity contribution is -0.113. The zero-order valence-electron chi connectivity index (χ0n) is 16.2. The predicted octanol–water partition coefficient (Wildman–Crippen LogP) is 5.88. The summed E-state index contributed by atoms with van der Waals surface area (Å²) in [4.78, 5) is 28.9. The number of amides is 2. The lowest BCUT2D eigenvalue weighted by atomic mass is 10.1. The van der Waals surface area contributed by atoms with Crippen LogP contribution in [0.3, 0.4) is 0 Å². The van der Waals surface area contributed by atoms with Crippen LogP contribution in [0.1, 0.15) is 15.9 Å². The Morgan fingerprint density at radius 1 is 0.903 bits per heavy atom. The average molecular weight is 450 g/mol. The van der Waals surface area contributed by atoms with Crippen molar-refractivity contribution in [1.29, 1.82) is 0 Å². The van der Waals surface area contributed by atoms with E-state index in [1.54, 1.807) is 48.5 Å². The molecule has 0 bridgehead atoms. The average Bonchev–Trinajstić information content (AvgIpc) is 3.23. The maximum Gasteiger partial charge on any atom is 0.272 e. The maximum absolute atomic E-state index is 13.1. The molecule has 5 nitrogen and oxygen atoms in total. The molecule has 0 fully saturated rings. The van der Waals surface area contributed by atoms with E-state index in [0.29, 0.717) is 26.9 Å². The number of fused-ring (bicyclic) bond motifs is 1. The Hall–Kier alpha value is -3.54. The summed E-state index contributed by atoms with van der Waals surface area (Å²) in [5.74, 6) is -0.895. The number of hydrogen-bond acceptors (Lipinski definition) is 2. The van der Waals surface area contributed by atoms with Gasteiger partial charge in [0, 0.05) is 33.0 Å². The van der Waals surface area contributed by atoms with Gasteiger partial charge in [-0.3, -0.25) is 9.59 Å². The fourth-order valence-corrected chi connectivity index (χ4v) is 3.50. The lowest BCUT2D eigenvalue weighted by Crippen LogP contribution is -2.30. The number of carbonyl (C=O) groups excluding carboxylic acids is 2. The number of benzene rings is 3. The van der Waals surface area contributed by atoms with Crippen LogP contribution in [0.4, 0.5) is 5.69 Å². The van der Waals surface area contributed by atoms with Crippen molar-refractivity contribution >= 4 is 57.7 Å². The Labute approximate surface area is 188 Å². The minimum atomic E-state index is -0.485. The first kappa shape index (κ1) is 20.7. The molecule has 7 heteroatoms. The molecule has 0 radical (unpaired) electrons. The molecule has 0 saturated heterocycles. The van der Waals surface area contributed by atoms with E-state index >= 15 is 0 Å². The quantitative estimate of drug-likeness (QED) is 0.332. The monoisotopic (exact) mass is 449 g/mol. The minimum Gasteiger partial charge on any atom is -0.361 e. The van der Waals surface area contributed by atoms with Gasteiger partial charge in [-0.05, 0) is 59.5 Å². The van der Waals surface area contributed by atoms with Crippen molar-refractivity contribution in [3.8, 4) is 0 Å². The number of H-pyrrole nitrogens is 1. The van der Waals surface area contributed by atoms with E-state index in [4.69, 9.17) is 23.2 Å². The van der Waals surface area contributed by atoms with Crippen LogP contribution in [0.5, 0.6) is 0 Å². The molecule has 4 aromatic rings. The van der Waals surface area contributed by atoms with Gasteiger partial charge in [-0.1, -0.05) is 53.5 Å². The van der Waals surface area contributed by atoms with Gasteiger partial charge in [-0.25, -0.2) is 0 Å². The van der Waals surface area contributed by atoms with Crippen molar-refractivity contribution in [1.82, 2.24) is 10.3 Å².